The summed E-state index contributed by atoms with van der Waals surface area (Å²) in [5.41, 5.74) is 2.00. The fourth-order valence-corrected chi connectivity index (χ4v) is 3.33. The number of nitrogens with zero attached hydrogens (tertiary/aromatic N) is 2. The van der Waals surface area contributed by atoms with Gasteiger partial charge >= 0.3 is 0 Å². The average molecular weight is 371 g/mol. The number of hydrogen-bond acceptors (Lipinski definition) is 5. The highest BCUT2D eigenvalue weighted by atomic mass is 19.1. The van der Waals surface area contributed by atoms with Gasteiger partial charge in [-0.1, -0.05) is 6.07 Å². The first-order chi connectivity index (χ1) is 13.2. The Morgan fingerprint density at radius 3 is 2.52 bits per heavy atom. The number of rotatable bonds is 5. The van der Waals surface area contributed by atoms with Crippen LogP contribution in [0.25, 0.3) is 0 Å². The molecule has 0 radical (unpaired) electrons. The molecule has 2 aromatic carbocycles. The van der Waals surface area contributed by atoms with Crippen molar-refractivity contribution in [2.75, 3.05) is 44.4 Å². The molecule has 0 aliphatic carbocycles. The Kier molecular flexibility index (Phi) is 5.11. The molecule has 0 saturated carbocycles. The number of carbonyl (C=O) groups excluding carboxylic acids is 1. The number of fused-ring (bicyclic) bond motifs is 1. The lowest BCUT2D eigenvalue weighted by molar-refractivity contribution is -0.122. The smallest absolute Gasteiger partial charge is 0.234 e. The molecular formula is C20H22FN3O3. The molecule has 1 saturated heterocycles. The number of piperazine rings is 1. The fourth-order valence-electron chi connectivity index (χ4n) is 3.33. The molecule has 0 aromatic heterocycles. The van der Waals surface area contributed by atoms with Gasteiger partial charge in [0, 0.05) is 38.4 Å². The Balaban J connectivity index is 1.22. The van der Waals surface area contributed by atoms with Crippen LogP contribution in [-0.2, 0) is 11.3 Å². The second-order valence-corrected chi connectivity index (χ2v) is 6.70. The SMILES string of the molecule is O=C(CN1CCN(c2ccc(F)cc2)CC1)NCc1ccc2c(c1)OCO2. The molecule has 1 fully saturated rings. The van der Waals surface area contributed by atoms with Crippen molar-refractivity contribution in [2.45, 2.75) is 6.54 Å². The molecule has 2 aliphatic rings. The topological polar surface area (TPSA) is 54.0 Å². The summed E-state index contributed by atoms with van der Waals surface area (Å²) in [6.45, 7) is 4.33. The van der Waals surface area contributed by atoms with Crippen LogP contribution in [0.5, 0.6) is 11.5 Å². The van der Waals surface area contributed by atoms with E-state index >= 15 is 0 Å². The Hall–Kier alpha value is -2.80. The molecule has 1 amide bonds. The van der Waals surface area contributed by atoms with Crippen LogP contribution in [0.2, 0.25) is 0 Å². The van der Waals surface area contributed by atoms with Gasteiger partial charge in [-0.15, -0.1) is 0 Å². The lowest BCUT2D eigenvalue weighted by Gasteiger charge is -2.35. The van der Waals surface area contributed by atoms with Crippen molar-refractivity contribution < 1.29 is 18.7 Å². The molecule has 0 bridgehead atoms. The Morgan fingerprint density at radius 1 is 1.00 bits per heavy atom. The van der Waals surface area contributed by atoms with Crippen molar-refractivity contribution >= 4 is 11.6 Å². The maximum absolute atomic E-state index is 13.0. The third kappa shape index (κ3) is 4.31. The molecule has 27 heavy (non-hydrogen) atoms. The lowest BCUT2D eigenvalue weighted by Crippen LogP contribution is -2.49. The minimum Gasteiger partial charge on any atom is -0.454 e. The lowest BCUT2D eigenvalue weighted by atomic mass is 10.2. The number of carbonyl (C=O) groups is 1. The van der Waals surface area contributed by atoms with E-state index in [-0.39, 0.29) is 18.5 Å². The van der Waals surface area contributed by atoms with Gasteiger partial charge in [0.25, 0.3) is 0 Å². The molecule has 6 nitrogen and oxygen atoms in total. The summed E-state index contributed by atoms with van der Waals surface area (Å²) < 4.78 is 23.7. The van der Waals surface area contributed by atoms with Crippen molar-refractivity contribution in [3.63, 3.8) is 0 Å². The summed E-state index contributed by atoms with van der Waals surface area (Å²) in [6, 6.07) is 12.2. The van der Waals surface area contributed by atoms with Gasteiger partial charge in [-0.05, 0) is 42.0 Å². The highest BCUT2D eigenvalue weighted by molar-refractivity contribution is 5.78. The molecule has 7 heteroatoms. The van der Waals surface area contributed by atoms with Gasteiger partial charge in [0.05, 0.1) is 6.54 Å². The van der Waals surface area contributed by atoms with Gasteiger partial charge in [-0.2, -0.15) is 0 Å². The number of halogens is 1. The number of ether oxygens (including phenoxy) is 2. The van der Waals surface area contributed by atoms with Crippen LogP contribution in [0.4, 0.5) is 10.1 Å². The normalized spacial score (nSPS) is 16.4. The van der Waals surface area contributed by atoms with Crippen LogP contribution in [0.3, 0.4) is 0 Å². The van der Waals surface area contributed by atoms with E-state index in [2.05, 4.69) is 15.1 Å². The zero-order valence-electron chi connectivity index (χ0n) is 15.0. The Labute approximate surface area is 157 Å². The number of benzene rings is 2. The molecule has 2 aromatic rings. The van der Waals surface area contributed by atoms with Crippen LogP contribution < -0.4 is 19.7 Å². The van der Waals surface area contributed by atoms with E-state index in [9.17, 15) is 9.18 Å². The van der Waals surface area contributed by atoms with E-state index in [1.54, 1.807) is 12.1 Å². The third-order valence-electron chi connectivity index (χ3n) is 4.86. The molecule has 4 rings (SSSR count). The maximum atomic E-state index is 13.0. The number of anilines is 1. The van der Waals surface area contributed by atoms with Crippen molar-refractivity contribution in [1.29, 1.82) is 0 Å². The van der Waals surface area contributed by atoms with E-state index in [1.807, 2.05) is 18.2 Å². The minimum atomic E-state index is -0.225. The van der Waals surface area contributed by atoms with E-state index in [1.165, 1.54) is 12.1 Å². The van der Waals surface area contributed by atoms with Gasteiger partial charge in [0.1, 0.15) is 5.82 Å². The van der Waals surface area contributed by atoms with E-state index < -0.39 is 0 Å². The number of amides is 1. The molecule has 0 atom stereocenters. The van der Waals surface area contributed by atoms with E-state index in [0.29, 0.717) is 13.1 Å². The molecule has 2 aliphatic heterocycles. The quantitative estimate of drug-likeness (QED) is 0.871. The minimum absolute atomic E-state index is 0.00268. The maximum Gasteiger partial charge on any atom is 0.234 e. The molecule has 2 heterocycles. The first-order valence-corrected chi connectivity index (χ1v) is 9.05. The van der Waals surface area contributed by atoms with Gasteiger partial charge in [-0.3, -0.25) is 9.69 Å². The zero-order valence-corrected chi connectivity index (χ0v) is 15.0. The molecule has 1 N–H and O–H groups in total. The fraction of sp³-hybridized carbons (Fsp3) is 0.350. The predicted octanol–water partition coefficient (Wildman–Crippen LogP) is 1.99. The summed E-state index contributed by atoms with van der Waals surface area (Å²) in [4.78, 5) is 16.6. The highest BCUT2D eigenvalue weighted by Gasteiger charge is 2.19. The summed E-state index contributed by atoms with van der Waals surface area (Å²) in [5.74, 6) is 1.24. The van der Waals surface area contributed by atoms with Crippen LogP contribution in [0, 0.1) is 5.82 Å². The van der Waals surface area contributed by atoms with E-state index in [0.717, 1.165) is 48.9 Å². The molecular weight excluding hydrogens is 349 g/mol. The number of nitrogens with one attached hydrogen (secondary N) is 1. The van der Waals surface area contributed by atoms with Crippen molar-refractivity contribution in [2.24, 2.45) is 0 Å². The first kappa shape index (κ1) is 17.6. The predicted molar refractivity (Wildman–Crippen MR) is 99.5 cm³/mol. The standard InChI is InChI=1S/C20H22FN3O3/c21-16-2-4-17(5-3-16)24-9-7-23(8-10-24)13-20(25)22-12-15-1-6-18-19(11-15)27-14-26-18/h1-6,11H,7-10,12-14H2,(H,22,25). The second kappa shape index (κ2) is 7.84. The zero-order chi connectivity index (χ0) is 18.6. The van der Waals surface area contributed by atoms with Crippen LogP contribution in [0.1, 0.15) is 5.56 Å². The molecule has 142 valence electrons. The summed E-state index contributed by atoms with van der Waals surface area (Å²) in [6.07, 6.45) is 0. The monoisotopic (exact) mass is 371 g/mol. The molecule has 0 unspecified atom stereocenters. The summed E-state index contributed by atoms with van der Waals surface area (Å²) in [5, 5.41) is 2.95. The van der Waals surface area contributed by atoms with Gasteiger partial charge < -0.3 is 19.7 Å². The summed E-state index contributed by atoms with van der Waals surface area (Å²) >= 11 is 0. The van der Waals surface area contributed by atoms with Gasteiger partial charge in [-0.25, -0.2) is 4.39 Å². The van der Waals surface area contributed by atoms with Crippen LogP contribution in [0.15, 0.2) is 42.5 Å². The first-order valence-electron chi connectivity index (χ1n) is 9.05. The highest BCUT2D eigenvalue weighted by Crippen LogP contribution is 2.32. The van der Waals surface area contributed by atoms with Crippen LogP contribution >= 0.6 is 0 Å². The largest absolute Gasteiger partial charge is 0.454 e. The van der Waals surface area contributed by atoms with E-state index in [4.69, 9.17) is 9.47 Å². The second-order valence-electron chi connectivity index (χ2n) is 6.70. The van der Waals surface area contributed by atoms with Crippen molar-refractivity contribution in [3.8, 4) is 11.5 Å². The summed E-state index contributed by atoms with van der Waals surface area (Å²) in [7, 11) is 0. The van der Waals surface area contributed by atoms with Gasteiger partial charge in [0.15, 0.2) is 11.5 Å². The Bertz CT molecular complexity index is 805. The van der Waals surface area contributed by atoms with Crippen molar-refractivity contribution in [1.82, 2.24) is 10.2 Å². The number of hydrogen-bond donors (Lipinski definition) is 1. The van der Waals surface area contributed by atoms with Crippen molar-refractivity contribution in [3.05, 3.63) is 53.8 Å². The molecule has 0 spiro atoms. The average Bonchev–Trinajstić information content (AvgIpc) is 3.15. The third-order valence-corrected chi connectivity index (χ3v) is 4.86. The van der Waals surface area contributed by atoms with Crippen LogP contribution in [-0.4, -0.2) is 50.3 Å². The van der Waals surface area contributed by atoms with Gasteiger partial charge in [0.2, 0.25) is 12.7 Å². The Morgan fingerprint density at radius 2 is 1.74 bits per heavy atom.